The molecule has 8 heteroatoms. The maximum Gasteiger partial charge on any atom is 0.295 e. The molecule has 0 N–H and O–H groups in total. The first-order valence-corrected chi connectivity index (χ1v) is 10.8. The average molecular weight is 475 g/mol. The molecular formula is C27H25NO7. The largest absolute Gasteiger partial charge is 0.497 e. The maximum atomic E-state index is 13.6. The molecule has 1 aliphatic heterocycles. The number of carbonyl (C=O) groups excluding carboxylic acids is 3. The van der Waals surface area contributed by atoms with Gasteiger partial charge in [-0.15, -0.1) is 0 Å². The smallest absolute Gasteiger partial charge is 0.295 e. The fourth-order valence-electron chi connectivity index (χ4n) is 4.27. The van der Waals surface area contributed by atoms with Gasteiger partial charge in [0.05, 0.1) is 34.5 Å². The number of carbonyl (C=O) groups is 3. The summed E-state index contributed by atoms with van der Waals surface area (Å²) in [6.07, 6.45) is 0. The summed E-state index contributed by atoms with van der Waals surface area (Å²) in [5.74, 6) is -1.17. The van der Waals surface area contributed by atoms with E-state index in [0.717, 1.165) is 0 Å². The van der Waals surface area contributed by atoms with Gasteiger partial charge >= 0.3 is 0 Å². The van der Waals surface area contributed by atoms with Crippen molar-refractivity contribution in [2.45, 2.75) is 6.04 Å². The van der Waals surface area contributed by atoms with Crippen LogP contribution in [0.15, 0.2) is 66.7 Å². The molecule has 1 fully saturated rings. The number of ketones is 2. The molecule has 1 heterocycles. The van der Waals surface area contributed by atoms with Gasteiger partial charge < -0.3 is 18.9 Å². The van der Waals surface area contributed by atoms with Crippen LogP contribution in [0.25, 0.3) is 0 Å². The first kappa shape index (κ1) is 23.8. The number of anilines is 1. The molecule has 35 heavy (non-hydrogen) atoms. The van der Waals surface area contributed by atoms with Gasteiger partial charge in [0.15, 0.2) is 17.3 Å². The van der Waals surface area contributed by atoms with Crippen molar-refractivity contribution < 1.29 is 33.3 Å². The third kappa shape index (κ3) is 4.30. The number of amides is 1. The summed E-state index contributed by atoms with van der Waals surface area (Å²) in [7, 11) is 6.07. The number of ether oxygens (including phenoxy) is 4. The van der Waals surface area contributed by atoms with Gasteiger partial charge in [0.25, 0.3) is 5.91 Å². The summed E-state index contributed by atoms with van der Waals surface area (Å²) < 4.78 is 21.2. The lowest BCUT2D eigenvalue weighted by Crippen LogP contribution is -2.30. The van der Waals surface area contributed by atoms with E-state index in [4.69, 9.17) is 18.9 Å². The lowest BCUT2D eigenvalue weighted by atomic mass is 9.86. The van der Waals surface area contributed by atoms with Crippen LogP contribution in [0.1, 0.15) is 22.0 Å². The van der Waals surface area contributed by atoms with Crippen molar-refractivity contribution in [3.63, 3.8) is 0 Å². The minimum Gasteiger partial charge on any atom is -0.497 e. The first-order chi connectivity index (χ1) is 16.9. The molecule has 3 aromatic carbocycles. The minimum atomic E-state index is -1.25. The standard InChI is InChI=1S/C27H25NO7/c1-32-19-10-5-16(6-11-19)25(29)23-24(17-7-14-21(34-3)22(15-17)35-4)28(27(31)26(23)30)18-8-12-20(33-2)13-9-18/h5-15,23-24H,1-4H3. The van der Waals surface area contributed by atoms with E-state index >= 15 is 0 Å². The third-order valence-electron chi connectivity index (χ3n) is 6.06. The Labute approximate surface area is 203 Å². The predicted molar refractivity (Wildman–Crippen MR) is 129 cm³/mol. The second-order valence-electron chi connectivity index (χ2n) is 7.87. The molecule has 0 spiro atoms. The van der Waals surface area contributed by atoms with Crippen molar-refractivity contribution in [3.8, 4) is 23.0 Å². The Balaban J connectivity index is 1.85. The molecule has 0 aliphatic carbocycles. The summed E-state index contributed by atoms with van der Waals surface area (Å²) >= 11 is 0. The van der Waals surface area contributed by atoms with Gasteiger partial charge in [-0.1, -0.05) is 6.07 Å². The van der Waals surface area contributed by atoms with Crippen molar-refractivity contribution in [3.05, 3.63) is 77.9 Å². The fraction of sp³-hybridized carbons (Fsp3) is 0.222. The lowest BCUT2D eigenvalue weighted by molar-refractivity contribution is -0.135. The van der Waals surface area contributed by atoms with Crippen molar-refractivity contribution >= 4 is 23.2 Å². The molecule has 1 amide bonds. The van der Waals surface area contributed by atoms with Crippen molar-refractivity contribution in [1.82, 2.24) is 0 Å². The Hall–Kier alpha value is -4.33. The molecule has 1 aliphatic rings. The van der Waals surface area contributed by atoms with Crippen LogP contribution >= 0.6 is 0 Å². The molecule has 0 aromatic heterocycles. The molecule has 2 atom stereocenters. The quantitative estimate of drug-likeness (QED) is 0.277. The molecular weight excluding hydrogens is 450 g/mol. The highest BCUT2D eigenvalue weighted by Gasteiger charge is 2.52. The zero-order valence-corrected chi connectivity index (χ0v) is 19.8. The van der Waals surface area contributed by atoms with Gasteiger partial charge in [0.2, 0.25) is 5.78 Å². The van der Waals surface area contributed by atoms with Crippen LogP contribution in [-0.4, -0.2) is 45.9 Å². The zero-order valence-electron chi connectivity index (χ0n) is 19.8. The normalized spacial score (nSPS) is 17.3. The topological polar surface area (TPSA) is 91.4 Å². The molecule has 0 radical (unpaired) electrons. The number of hydrogen-bond donors (Lipinski definition) is 0. The van der Waals surface area contributed by atoms with Gasteiger partial charge in [-0.25, -0.2) is 0 Å². The number of methoxy groups -OCH3 is 4. The summed E-state index contributed by atoms with van der Waals surface area (Å²) in [5, 5.41) is 0. The second-order valence-corrected chi connectivity index (χ2v) is 7.87. The van der Waals surface area contributed by atoms with E-state index in [2.05, 4.69) is 0 Å². The highest BCUT2D eigenvalue weighted by atomic mass is 16.5. The summed E-state index contributed by atoms with van der Waals surface area (Å²) in [5.41, 5.74) is 1.33. The zero-order chi connectivity index (χ0) is 25.1. The van der Waals surface area contributed by atoms with Crippen LogP contribution in [0.3, 0.4) is 0 Å². The van der Waals surface area contributed by atoms with Crippen LogP contribution in [0, 0.1) is 5.92 Å². The van der Waals surface area contributed by atoms with E-state index in [1.807, 2.05) is 0 Å². The monoisotopic (exact) mass is 475 g/mol. The molecule has 180 valence electrons. The number of nitrogens with zero attached hydrogens (tertiary/aromatic N) is 1. The lowest BCUT2D eigenvalue weighted by Gasteiger charge is -2.28. The van der Waals surface area contributed by atoms with Crippen molar-refractivity contribution in [1.29, 1.82) is 0 Å². The van der Waals surface area contributed by atoms with E-state index in [1.54, 1.807) is 66.7 Å². The Morgan fingerprint density at radius 1 is 0.714 bits per heavy atom. The minimum absolute atomic E-state index is 0.305. The van der Waals surface area contributed by atoms with Crippen molar-refractivity contribution in [2.75, 3.05) is 33.3 Å². The van der Waals surface area contributed by atoms with Gasteiger partial charge in [0.1, 0.15) is 17.4 Å². The molecule has 3 aromatic rings. The molecule has 0 saturated carbocycles. The number of benzene rings is 3. The van der Waals surface area contributed by atoms with E-state index < -0.39 is 29.4 Å². The van der Waals surface area contributed by atoms with E-state index in [9.17, 15) is 14.4 Å². The van der Waals surface area contributed by atoms with Gasteiger partial charge in [0, 0.05) is 11.3 Å². The van der Waals surface area contributed by atoms with Crippen LogP contribution in [0.2, 0.25) is 0 Å². The fourth-order valence-corrected chi connectivity index (χ4v) is 4.27. The van der Waals surface area contributed by atoms with Crippen LogP contribution < -0.4 is 23.8 Å². The van der Waals surface area contributed by atoms with Crippen LogP contribution in [0.5, 0.6) is 23.0 Å². The van der Waals surface area contributed by atoms with Gasteiger partial charge in [-0.05, 0) is 66.2 Å². The Bertz CT molecular complexity index is 1250. The average Bonchev–Trinajstić information content (AvgIpc) is 3.17. The number of Topliss-reactive ketones (excluding diaryl/α,β-unsaturated/α-hetero) is 2. The highest BCUT2D eigenvalue weighted by Crippen LogP contribution is 2.43. The molecule has 1 saturated heterocycles. The van der Waals surface area contributed by atoms with Crippen LogP contribution in [0.4, 0.5) is 5.69 Å². The summed E-state index contributed by atoms with van der Waals surface area (Å²) in [6, 6.07) is 17.4. The summed E-state index contributed by atoms with van der Waals surface area (Å²) in [4.78, 5) is 41.6. The number of hydrogen-bond acceptors (Lipinski definition) is 7. The first-order valence-electron chi connectivity index (χ1n) is 10.8. The van der Waals surface area contributed by atoms with Crippen LogP contribution in [-0.2, 0) is 9.59 Å². The van der Waals surface area contributed by atoms with Gasteiger partial charge in [-0.2, -0.15) is 0 Å². The molecule has 2 unspecified atom stereocenters. The Morgan fingerprint density at radius 2 is 1.29 bits per heavy atom. The summed E-state index contributed by atoms with van der Waals surface area (Å²) in [6.45, 7) is 0. The second kappa shape index (κ2) is 9.89. The van der Waals surface area contributed by atoms with E-state index in [0.29, 0.717) is 39.8 Å². The third-order valence-corrected chi connectivity index (χ3v) is 6.06. The van der Waals surface area contributed by atoms with E-state index in [1.165, 1.54) is 33.3 Å². The van der Waals surface area contributed by atoms with Crippen molar-refractivity contribution in [2.24, 2.45) is 5.92 Å². The number of rotatable bonds is 8. The molecule has 0 bridgehead atoms. The highest BCUT2D eigenvalue weighted by molar-refractivity contribution is 6.49. The van der Waals surface area contributed by atoms with E-state index in [-0.39, 0.29) is 0 Å². The predicted octanol–water partition coefficient (Wildman–Crippen LogP) is 3.88. The molecule has 8 nitrogen and oxygen atoms in total. The molecule has 4 rings (SSSR count). The Morgan fingerprint density at radius 3 is 1.83 bits per heavy atom. The maximum absolute atomic E-state index is 13.6. The SMILES string of the molecule is COc1ccc(C(=O)C2C(=O)C(=O)N(c3ccc(OC)cc3)C2c2ccc(OC)c(OC)c2)cc1. The Kier molecular flexibility index (Phi) is 6.73. The van der Waals surface area contributed by atoms with Gasteiger partial charge in [-0.3, -0.25) is 19.3 Å².